The van der Waals surface area contributed by atoms with Gasteiger partial charge < -0.3 is 4.74 Å². The predicted molar refractivity (Wildman–Crippen MR) is 88.2 cm³/mol. The van der Waals surface area contributed by atoms with Crippen molar-refractivity contribution in [3.05, 3.63) is 46.8 Å². The van der Waals surface area contributed by atoms with Crippen LogP contribution in [-0.4, -0.2) is 21.1 Å². The Morgan fingerprint density at radius 1 is 1.32 bits per heavy atom. The molecule has 6 heteroatoms. The maximum Gasteiger partial charge on any atom is 0.250 e. The standard InChI is InChI=1S/C16H19NO3S2/c1-3-12-8-9-16(21-12)22(18,19)17-11(2)14-10-20-15-7-5-4-6-13(14)15/h4-9,11,14,17H,3,10H2,1-2H3/t11-,14+/m0/s1. The van der Waals surface area contributed by atoms with Crippen LogP contribution in [0.25, 0.3) is 0 Å². The highest BCUT2D eigenvalue weighted by atomic mass is 32.2. The molecular formula is C16H19NO3S2. The van der Waals surface area contributed by atoms with Gasteiger partial charge in [0.25, 0.3) is 0 Å². The van der Waals surface area contributed by atoms with Gasteiger partial charge in [0.05, 0.1) is 6.61 Å². The first-order chi connectivity index (χ1) is 10.5. The maximum atomic E-state index is 12.5. The van der Waals surface area contributed by atoms with Crippen LogP contribution in [-0.2, 0) is 16.4 Å². The molecule has 0 aliphatic carbocycles. The largest absolute Gasteiger partial charge is 0.493 e. The van der Waals surface area contributed by atoms with E-state index in [0.717, 1.165) is 22.6 Å². The van der Waals surface area contributed by atoms with Crippen molar-refractivity contribution in [1.82, 2.24) is 4.72 Å². The number of hydrogen-bond donors (Lipinski definition) is 1. The van der Waals surface area contributed by atoms with Crippen LogP contribution in [0.2, 0.25) is 0 Å². The molecule has 2 heterocycles. The van der Waals surface area contributed by atoms with E-state index >= 15 is 0 Å². The molecule has 22 heavy (non-hydrogen) atoms. The molecule has 1 aliphatic rings. The molecule has 0 radical (unpaired) electrons. The number of para-hydroxylation sites is 1. The normalized spacial score (nSPS) is 18.7. The van der Waals surface area contributed by atoms with Crippen molar-refractivity contribution < 1.29 is 13.2 Å². The van der Waals surface area contributed by atoms with Crippen LogP contribution in [0.4, 0.5) is 0 Å². The number of hydrogen-bond acceptors (Lipinski definition) is 4. The third-order valence-electron chi connectivity index (χ3n) is 3.93. The second kappa shape index (κ2) is 6.02. The van der Waals surface area contributed by atoms with Crippen LogP contribution in [0.5, 0.6) is 5.75 Å². The fraction of sp³-hybridized carbons (Fsp3) is 0.375. The van der Waals surface area contributed by atoms with Gasteiger partial charge >= 0.3 is 0 Å². The number of aryl methyl sites for hydroxylation is 1. The van der Waals surface area contributed by atoms with Crippen LogP contribution in [0, 0.1) is 0 Å². The highest BCUT2D eigenvalue weighted by Gasteiger charge is 2.31. The molecule has 1 aromatic heterocycles. The van der Waals surface area contributed by atoms with Crippen molar-refractivity contribution >= 4 is 21.4 Å². The summed E-state index contributed by atoms with van der Waals surface area (Å²) >= 11 is 1.33. The summed E-state index contributed by atoms with van der Waals surface area (Å²) in [6.07, 6.45) is 0.847. The van der Waals surface area contributed by atoms with Crippen molar-refractivity contribution in [1.29, 1.82) is 0 Å². The molecule has 1 aliphatic heterocycles. The molecule has 2 atom stereocenters. The molecule has 118 valence electrons. The van der Waals surface area contributed by atoms with E-state index in [1.165, 1.54) is 11.3 Å². The summed E-state index contributed by atoms with van der Waals surface area (Å²) in [5.74, 6) is 0.888. The maximum absolute atomic E-state index is 12.5. The van der Waals surface area contributed by atoms with Gasteiger partial charge in [-0.25, -0.2) is 13.1 Å². The quantitative estimate of drug-likeness (QED) is 0.912. The van der Waals surface area contributed by atoms with E-state index in [4.69, 9.17) is 4.74 Å². The molecule has 0 fully saturated rings. The van der Waals surface area contributed by atoms with E-state index in [1.54, 1.807) is 6.07 Å². The van der Waals surface area contributed by atoms with E-state index in [0.29, 0.717) is 10.8 Å². The number of sulfonamides is 1. The number of thiophene rings is 1. The van der Waals surface area contributed by atoms with Crippen molar-refractivity contribution in [3.8, 4) is 5.75 Å². The highest BCUT2D eigenvalue weighted by Crippen LogP contribution is 2.36. The molecule has 2 aromatic rings. The molecule has 0 spiro atoms. The van der Waals surface area contributed by atoms with Crippen LogP contribution in [0.1, 0.15) is 30.2 Å². The van der Waals surface area contributed by atoms with Crippen LogP contribution in [0.15, 0.2) is 40.6 Å². The zero-order valence-corrected chi connectivity index (χ0v) is 14.2. The fourth-order valence-electron chi connectivity index (χ4n) is 2.68. The number of nitrogens with one attached hydrogen (secondary N) is 1. The summed E-state index contributed by atoms with van der Waals surface area (Å²) in [5, 5.41) is 0. The summed E-state index contributed by atoms with van der Waals surface area (Å²) in [6.45, 7) is 4.42. The van der Waals surface area contributed by atoms with Gasteiger partial charge in [0, 0.05) is 22.4 Å². The first-order valence-electron chi connectivity index (χ1n) is 7.34. The van der Waals surface area contributed by atoms with Crippen molar-refractivity contribution in [2.24, 2.45) is 0 Å². The molecule has 1 N–H and O–H groups in total. The van der Waals surface area contributed by atoms with E-state index in [9.17, 15) is 8.42 Å². The van der Waals surface area contributed by atoms with Gasteiger partial charge in [0.1, 0.15) is 9.96 Å². The summed E-state index contributed by atoms with van der Waals surface area (Å²) in [7, 11) is -3.48. The smallest absolute Gasteiger partial charge is 0.250 e. The minimum atomic E-state index is -3.48. The Labute approximate surface area is 135 Å². The monoisotopic (exact) mass is 337 g/mol. The van der Waals surface area contributed by atoms with Crippen LogP contribution < -0.4 is 9.46 Å². The van der Waals surface area contributed by atoms with Gasteiger partial charge in [-0.15, -0.1) is 11.3 Å². The predicted octanol–water partition coefficient (Wildman–Crippen LogP) is 3.15. The summed E-state index contributed by atoms with van der Waals surface area (Å²) in [4.78, 5) is 1.07. The summed E-state index contributed by atoms with van der Waals surface area (Å²) < 4.78 is 33.8. The Balaban J connectivity index is 1.78. The average molecular weight is 337 g/mol. The van der Waals surface area contributed by atoms with Gasteiger partial charge in [-0.3, -0.25) is 0 Å². The number of fused-ring (bicyclic) bond motifs is 1. The van der Waals surface area contributed by atoms with E-state index in [-0.39, 0.29) is 12.0 Å². The summed E-state index contributed by atoms with van der Waals surface area (Å²) in [5.41, 5.74) is 1.07. The minimum Gasteiger partial charge on any atom is -0.493 e. The molecule has 1 aromatic carbocycles. The summed E-state index contributed by atoms with van der Waals surface area (Å²) in [6, 6.07) is 11.1. The van der Waals surface area contributed by atoms with Crippen molar-refractivity contribution in [2.45, 2.75) is 36.4 Å². The zero-order chi connectivity index (χ0) is 15.7. The highest BCUT2D eigenvalue weighted by molar-refractivity contribution is 7.91. The second-order valence-electron chi connectivity index (χ2n) is 5.44. The van der Waals surface area contributed by atoms with Gasteiger partial charge in [-0.1, -0.05) is 25.1 Å². The lowest BCUT2D eigenvalue weighted by molar-refractivity contribution is 0.313. The number of rotatable bonds is 5. The van der Waals surface area contributed by atoms with Gasteiger partial charge in [0.15, 0.2) is 0 Å². The molecule has 0 amide bonds. The van der Waals surface area contributed by atoms with E-state index in [2.05, 4.69) is 4.72 Å². The molecule has 0 bridgehead atoms. The average Bonchev–Trinajstić information content (AvgIpc) is 3.14. The van der Waals surface area contributed by atoms with Gasteiger partial charge in [0.2, 0.25) is 10.0 Å². The Kier molecular flexibility index (Phi) is 4.25. The molecule has 3 rings (SSSR count). The molecule has 0 saturated heterocycles. The molecule has 0 unspecified atom stereocenters. The van der Waals surface area contributed by atoms with E-state index < -0.39 is 10.0 Å². The zero-order valence-electron chi connectivity index (χ0n) is 12.6. The Bertz CT molecular complexity index is 767. The first kappa shape index (κ1) is 15.5. The number of ether oxygens (including phenoxy) is 1. The van der Waals surface area contributed by atoms with E-state index in [1.807, 2.05) is 44.2 Å². The Morgan fingerprint density at radius 2 is 2.09 bits per heavy atom. The van der Waals surface area contributed by atoms with Gasteiger partial charge in [-0.05, 0) is 31.5 Å². The second-order valence-corrected chi connectivity index (χ2v) is 8.55. The van der Waals surface area contributed by atoms with Gasteiger partial charge in [-0.2, -0.15) is 0 Å². The molecular weight excluding hydrogens is 318 g/mol. The van der Waals surface area contributed by atoms with Crippen molar-refractivity contribution in [2.75, 3.05) is 6.61 Å². The van der Waals surface area contributed by atoms with Crippen molar-refractivity contribution in [3.63, 3.8) is 0 Å². The lowest BCUT2D eigenvalue weighted by Gasteiger charge is -2.19. The third kappa shape index (κ3) is 2.91. The molecule has 0 saturated carbocycles. The Hall–Kier alpha value is -1.37. The lowest BCUT2D eigenvalue weighted by atomic mass is 9.95. The number of benzene rings is 1. The topological polar surface area (TPSA) is 55.4 Å². The Morgan fingerprint density at radius 3 is 2.82 bits per heavy atom. The van der Waals surface area contributed by atoms with Crippen LogP contribution >= 0.6 is 11.3 Å². The molecule has 4 nitrogen and oxygen atoms in total. The fourth-order valence-corrected chi connectivity index (χ4v) is 5.28. The van der Waals surface area contributed by atoms with Crippen LogP contribution in [0.3, 0.4) is 0 Å². The third-order valence-corrected chi connectivity index (χ3v) is 7.21. The minimum absolute atomic E-state index is 0.0385. The first-order valence-corrected chi connectivity index (χ1v) is 9.64. The lowest BCUT2D eigenvalue weighted by Crippen LogP contribution is -2.37. The SMILES string of the molecule is CCc1ccc(S(=O)(=O)N[C@@H](C)[C@H]2COc3ccccc32)s1.